The maximum absolute atomic E-state index is 0. The molecule has 7 heavy (non-hydrogen) atoms. The molecule has 5 nitrogen and oxygen atoms in total. The van der Waals surface area contributed by atoms with Crippen molar-refractivity contribution in [2.24, 2.45) is 0 Å². The van der Waals surface area contributed by atoms with Gasteiger partial charge in [-0.3, -0.25) is 0 Å². The summed E-state index contributed by atoms with van der Waals surface area (Å²) in [7, 11) is 0. The molecule has 0 radical (unpaired) electrons. The standard InChI is InChI=1S/Fe.2H2O.3O.Ti/h;2*1H2;;;;/q+2;;;3*-2;+4. The van der Waals surface area contributed by atoms with E-state index in [-0.39, 0.29) is 66.2 Å². The van der Waals surface area contributed by atoms with Gasteiger partial charge in [0.15, 0.2) is 0 Å². The molecule has 0 aliphatic carbocycles. The number of hydrogen-bond donors (Lipinski definition) is 0. The van der Waals surface area contributed by atoms with Crippen LogP contribution in [0, 0.1) is 0 Å². The summed E-state index contributed by atoms with van der Waals surface area (Å²) >= 11 is 0. The Kier molecular flexibility index (Phi) is 12700. The quantitative estimate of drug-likeness (QED) is 0.386. The number of hydrogen-bond acceptors (Lipinski definition) is 0. The smallest absolute Gasteiger partial charge is 2.00 e. The van der Waals surface area contributed by atoms with Gasteiger partial charge in [0, 0.05) is 0 Å². The summed E-state index contributed by atoms with van der Waals surface area (Å²) in [5.74, 6) is 0. The Morgan fingerprint density at radius 1 is 0.571 bits per heavy atom. The van der Waals surface area contributed by atoms with Gasteiger partial charge >= 0.3 is 38.8 Å². The van der Waals surface area contributed by atoms with Crippen LogP contribution in [-0.4, -0.2) is 11.0 Å². The van der Waals surface area contributed by atoms with E-state index in [1.54, 1.807) is 0 Å². The Hall–Kier alpha value is 1.03. The second-order valence-corrected chi connectivity index (χ2v) is 0. The predicted molar refractivity (Wildman–Crippen MR) is 9.29 cm³/mol. The maximum atomic E-state index is 0. The van der Waals surface area contributed by atoms with Gasteiger partial charge in [-0.05, 0) is 0 Å². The third-order valence-corrected chi connectivity index (χ3v) is 0. The first kappa shape index (κ1) is 372. The zero-order valence-electron chi connectivity index (χ0n) is 3.08. The molecule has 0 rings (SSSR count). The Labute approximate surface area is 66.4 Å². The molecule has 0 heterocycles. The van der Waals surface area contributed by atoms with E-state index in [0.717, 1.165) is 0 Å². The van der Waals surface area contributed by atoms with Crippen LogP contribution in [0.25, 0.3) is 0 Å². The summed E-state index contributed by atoms with van der Waals surface area (Å²) in [5.41, 5.74) is 0. The fourth-order valence-corrected chi connectivity index (χ4v) is 0. The van der Waals surface area contributed by atoms with Crippen molar-refractivity contribution in [2.45, 2.75) is 0 Å². The molecule has 0 atom stereocenters. The van der Waals surface area contributed by atoms with Crippen molar-refractivity contribution < 1.29 is 66.2 Å². The van der Waals surface area contributed by atoms with Crippen LogP contribution in [0.1, 0.15) is 0 Å². The average molecular weight is 188 g/mol. The van der Waals surface area contributed by atoms with E-state index in [2.05, 4.69) is 0 Å². The van der Waals surface area contributed by atoms with Crippen LogP contribution in [0.5, 0.6) is 0 Å². The molecule has 0 bridgehead atoms. The molecule has 0 unspecified atom stereocenters. The first-order valence-electron chi connectivity index (χ1n) is 0. The minimum atomic E-state index is 0. The molecule has 4 N–H and O–H groups in total. The molecule has 0 aromatic rings. The summed E-state index contributed by atoms with van der Waals surface area (Å²) in [6.45, 7) is 0. The van der Waals surface area contributed by atoms with Crippen LogP contribution in [0.2, 0.25) is 0 Å². The van der Waals surface area contributed by atoms with Gasteiger partial charge in [0.25, 0.3) is 0 Å². The monoisotopic (exact) mass is 188 g/mol. The summed E-state index contributed by atoms with van der Waals surface area (Å²) in [6.07, 6.45) is 0. The first-order chi connectivity index (χ1) is 0. The molecule has 0 aromatic heterocycles. The average Bonchev–Trinajstić information content (AvgIpc) is 0. The van der Waals surface area contributed by atoms with Crippen molar-refractivity contribution >= 4 is 0 Å². The normalized spacial score (nSPS) is 0. The first-order valence-corrected chi connectivity index (χ1v) is 0. The summed E-state index contributed by atoms with van der Waals surface area (Å²) in [4.78, 5) is 0. The summed E-state index contributed by atoms with van der Waals surface area (Å²) in [5, 5.41) is 0. The van der Waals surface area contributed by atoms with Gasteiger partial charge in [-0.1, -0.05) is 0 Å². The van der Waals surface area contributed by atoms with Crippen LogP contribution in [0.4, 0.5) is 0 Å². The SMILES string of the molecule is O.O.[Fe+2].[O-2].[O-2].[O-2].[Ti+4]. The van der Waals surface area contributed by atoms with Crippen LogP contribution in [0.3, 0.4) is 0 Å². The molecule has 0 saturated heterocycles. The molecule has 0 spiro atoms. The van der Waals surface area contributed by atoms with E-state index in [0.29, 0.717) is 0 Å². The fourth-order valence-electron chi connectivity index (χ4n) is 0. The van der Waals surface area contributed by atoms with E-state index in [1.807, 2.05) is 0 Å². The Balaban J connectivity index is 0. The molecule has 46 valence electrons. The Morgan fingerprint density at radius 2 is 0.571 bits per heavy atom. The molecule has 0 fully saturated rings. The van der Waals surface area contributed by atoms with Gasteiger partial charge in [-0.15, -0.1) is 0 Å². The van der Waals surface area contributed by atoms with Gasteiger partial charge in [-0.25, -0.2) is 0 Å². The predicted octanol–water partition coefficient (Wildman–Crippen LogP) is -2.01. The third-order valence-electron chi connectivity index (χ3n) is 0. The number of rotatable bonds is 0. The molecule has 0 aromatic carbocycles. The van der Waals surface area contributed by atoms with E-state index >= 15 is 0 Å². The van der Waals surface area contributed by atoms with Crippen molar-refractivity contribution in [2.75, 3.05) is 0 Å². The Bertz CT molecular complexity index is 8.04. The fraction of sp³-hybridized carbons (Fsp3) is 0. The van der Waals surface area contributed by atoms with Crippen LogP contribution in [-0.2, 0) is 55.2 Å². The van der Waals surface area contributed by atoms with Crippen molar-refractivity contribution in [3.63, 3.8) is 0 Å². The van der Waals surface area contributed by atoms with Crippen molar-refractivity contribution in [3.8, 4) is 0 Å². The summed E-state index contributed by atoms with van der Waals surface area (Å²) < 4.78 is 0. The van der Waals surface area contributed by atoms with Gasteiger partial charge < -0.3 is 27.4 Å². The molecule has 0 aliphatic heterocycles. The molecule has 0 saturated carbocycles. The largest absolute Gasteiger partial charge is 4.00 e. The second kappa shape index (κ2) is 240. The van der Waals surface area contributed by atoms with Gasteiger partial charge in [-0.2, -0.15) is 0 Å². The van der Waals surface area contributed by atoms with Gasteiger partial charge in [0.1, 0.15) is 0 Å². The minimum Gasteiger partial charge on any atom is -2.00 e. The van der Waals surface area contributed by atoms with Gasteiger partial charge in [0.05, 0.1) is 0 Å². The van der Waals surface area contributed by atoms with E-state index in [9.17, 15) is 0 Å². The van der Waals surface area contributed by atoms with Crippen molar-refractivity contribution in [1.82, 2.24) is 0 Å². The van der Waals surface area contributed by atoms with E-state index in [1.165, 1.54) is 0 Å². The molecule has 7 heteroatoms. The molecular formula is H4FeO5Ti. The second-order valence-electron chi connectivity index (χ2n) is 0. The minimum absolute atomic E-state index is 0. The van der Waals surface area contributed by atoms with Crippen LogP contribution >= 0.6 is 0 Å². The van der Waals surface area contributed by atoms with Crippen molar-refractivity contribution in [1.29, 1.82) is 0 Å². The molecule has 0 amide bonds. The van der Waals surface area contributed by atoms with Crippen molar-refractivity contribution in [3.05, 3.63) is 0 Å². The molecular weight excluding hydrogens is 184 g/mol. The maximum Gasteiger partial charge on any atom is 4.00 e. The van der Waals surface area contributed by atoms with Crippen LogP contribution < -0.4 is 0 Å². The Morgan fingerprint density at radius 3 is 0.571 bits per heavy atom. The van der Waals surface area contributed by atoms with Crippen LogP contribution in [0.15, 0.2) is 0 Å². The third kappa shape index (κ3) is 167. The topological polar surface area (TPSA) is 148 Å². The summed E-state index contributed by atoms with van der Waals surface area (Å²) in [6, 6.07) is 0. The van der Waals surface area contributed by atoms with Gasteiger partial charge in [0.2, 0.25) is 0 Å². The zero-order chi connectivity index (χ0) is 0. The molecule has 0 aliphatic rings. The zero-order valence-corrected chi connectivity index (χ0v) is 5.74. The van der Waals surface area contributed by atoms with E-state index < -0.39 is 0 Å². The van der Waals surface area contributed by atoms with E-state index in [4.69, 9.17) is 0 Å².